The fraction of sp³-hybridized carbons (Fsp3) is 0.312. The zero-order chi connectivity index (χ0) is 17.3. The normalized spacial score (nSPS) is 21.7. The summed E-state index contributed by atoms with van der Waals surface area (Å²) < 4.78 is 5.22. The highest BCUT2D eigenvalue weighted by Crippen LogP contribution is 2.30. The average Bonchev–Trinajstić information content (AvgIpc) is 3.26. The molecule has 0 aromatic carbocycles. The van der Waals surface area contributed by atoms with Gasteiger partial charge in [-0.25, -0.2) is 4.79 Å². The molecule has 3 rings (SSSR count). The van der Waals surface area contributed by atoms with E-state index in [4.69, 9.17) is 4.42 Å². The molecule has 8 heteroatoms. The summed E-state index contributed by atoms with van der Waals surface area (Å²) >= 11 is 1.44. The van der Waals surface area contributed by atoms with Gasteiger partial charge in [0, 0.05) is 0 Å². The lowest BCUT2D eigenvalue weighted by molar-refractivity contribution is -0.135. The number of nitrogens with one attached hydrogen (secondary N) is 2. The quantitative estimate of drug-likeness (QED) is 0.809. The molecular weight excluding hydrogens is 330 g/mol. The molecule has 0 spiro atoms. The van der Waals surface area contributed by atoms with Crippen LogP contribution in [0.5, 0.6) is 0 Å². The average molecular weight is 347 g/mol. The first kappa shape index (κ1) is 16.3. The Hall–Kier alpha value is -2.61. The molecule has 1 fully saturated rings. The van der Waals surface area contributed by atoms with E-state index in [0.29, 0.717) is 11.3 Å². The van der Waals surface area contributed by atoms with E-state index in [-0.39, 0.29) is 12.6 Å². The van der Waals surface area contributed by atoms with E-state index < -0.39 is 23.4 Å². The van der Waals surface area contributed by atoms with Crippen LogP contribution >= 0.6 is 11.3 Å². The van der Waals surface area contributed by atoms with E-state index in [2.05, 4.69) is 10.6 Å². The van der Waals surface area contributed by atoms with Crippen molar-refractivity contribution in [1.82, 2.24) is 15.5 Å². The lowest BCUT2D eigenvalue weighted by atomic mass is 9.95. The van der Waals surface area contributed by atoms with Crippen molar-refractivity contribution in [1.29, 1.82) is 0 Å². The van der Waals surface area contributed by atoms with Crippen LogP contribution in [0, 0.1) is 0 Å². The van der Waals surface area contributed by atoms with Crippen LogP contribution in [0.3, 0.4) is 0 Å². The largest absolute Gasteiger partial charge is 0.467 e. The van der Waals surface area contributed by atoms with Crippen molar-refractivity contribution in [3.63, 3.8) is 0 Å². The first-order valence-electron chi connectivity index (χ1n) is 7.41. The lowest BCUT2D eigenvalue weighted by Crippen LogP contribution is -2.43. The van der Waals surface area contributed by atoms with Crippen LogP contribution in [0.25, 0.3) is 0 Å². The Morgan fingerprint density at radius 2 is 2.25 bits per heavy atom. The van der Waals surface area contributed by atoms with Gasteiger partial charge in [-0.15, -0.1) is 0 Å². The first-order valence-corrected chi connectivity index (χ1v) is 8.35. The molecule has 2 N–H and O–H groups in total. The second-order valence-electron chi connectivity index (χ2n) is 5.76. The minimum atomic E-state index is -1.13. The maximum atomic E-state index is 12.6. The molecule has 2 aromatic heterocycles. The summed E-state index contributed by atoms with van der Waals surface area (Å²) in [5.41, 5.74) is -0.429. The molecule has 2 unspecified atom stereocenters. The van der Waals surface area contributed by atoms with Crippen LogP contribution in [0.15, 0.2) is 39.6 Å². The maximum absolute atomic E-state index is 12.6. The van der Waals surface area contributed by atoms with Gasteiger partial charge >= 0.3 is 6.03 Å². The predicted octanol–water partition coefficient (Wildman–Crippen LogP) is 1.99. The second kappa shape index (κ2) is 6.12. The van der Waals surface area contributed by atoms with Crippen molar-refractivity contribution in [3.8, 4) is 0 Å². The molecule has 2 atom stereocenters. The zero-order valence-electron chi connectivity index (χ0n) is 13.2. The maximum Gasteiger partial charge on any atom is 0.325 e. The van der Waals surface area contributed by atoms with Crippen LogP contribution < -0.4 is 10.6 Å². The highest BCUT2D eigenvalue weighted by molar-refractivity contribution is 7.08. The number of thiophene rings is 1. The molecule has 0 radical (unpaired) electrons. The van der Waals surface area contributed by atoms with Gasteiger partial charge in [-0.3, -0.25) is 14.5 Å². The number of hydrogen-bond donors (Lipinski definition) is 2. The fourth-order valence-electron chi connectivity index (χ4n) is 2.62. The first-order chi connectivity index (χ1) is 11.4. The molecule has 2 aromatic rings. The smallest absolute Gasteiger partial charge is 0.325 e. The molecule has 0 aliphatic carbocycles. The van der Waals surface area contributed by atoms with Crippen LogP contribution in [0.2, 0.25) is 0 Å². The van der Waals surface area contributed by atoms with Gasteiger partial charge in [-0.05, 0) is 48.4 Å². The molecule has 1 saturated heterocycles. The lowest BCUT2D eigenvalue weighted by Gasteiger charge is -2.20. The number of carbonyl (C=O) groups is 3. The Kier molecular flexibility index (Phi) is 4.15. The number of hydrogen-bond acceptors (Lipinski definition) is 5. The summed E-state index contributed by atoms with van der Waals surface area (Å²) in [5.74, 6) is -0.271. The summed E-state index contributed by atoms with van der Waals surface area (Å²) in [5, 5.41) is 9.01. The number of rotatable bonds is 5. The van der Waals surface area contributed by atoms with E-state index in [9.17, 15) is 14.4 Å². The Bertz CT molecular complexity index is 756. The second-order valence-corrected chi connectivity index (χ2v) is 6.54. The van der Waals surface area contributed by atoms with E-state index in [1.165, 1.54) is 17.6 Å². The third-order valence-electron chi connectivity index (χ3n) is 4.02. The topological polar surface area (TPSA) is 91.7 Å². The van der Waals surface area contributed by atoms with Crippen LogP contribution in [0.4, 0.5) is 4.79 Å². The van der Waals surface area contributed by atoms with Crippen LogP contribution in [0.1, 0.15) is 31.2 Å². The van der Waals surface area contributed by atoms with Crippen molar-refractivity contribution in [2.75, 3.05) is 6.54 Å². The van der Waals surface area contributed by atoms with E-state index >= 15 is 0 Å². The number of imide groups is 1. The molecule has 7 nitrogen and oxygen atoms in total. The third-order valence-corrected chi connectivity index (χ3v) is 4.71. The molecule has 126 valence electrons. The van der Waals surface area contributed by atoms with Crippen molar-refractivity contribution in [2.24, 2.45) is 0 Å². The number of urea groups is 1. The van der Waals surface area contributed by atoms with Gasteiger partial charge < -0.3 is 15.1 Å². The molecule has 4 amide bonds. The van der Waals surface area contributed by atoms with E-state index in [0.717, 1.165) is 4.90 Å². The summed E-state index contributed by atoms with van der Waals surface area (Å²) in [6.45, 7) is 3.06. The monoisotopic (exact) mass is 347 g/mol. The fourth-order valence-corrected chi connectivity index (χ4v) is 3.39. The Morgan fingerprint density at radius 3 is 2.88 bits per heavy atom. The summed E-state index contributed by atoms with van der Waals surface area (Å²) in [4.78, 5) is 37.9. The number of carbonyl (C=O) groups excluding carboxylic acids is 3. The summed E-state index contributed by atoms with van der Waals surface area (Å²) in [6.07, 6.45) is 1.52. The minimum Gasteiger partial charge on any atom is -0.467 e. The van der Waals surface area contributed by atoms with Crippen LogP contribution in [-0.4, -0.2) is 29.3 Å². The van der Waals surface area contributed by atoms with Gasteiger partial charge in [0.1, 0.15) is 17.8 Å². The van der Waals surface area contributed by atoms with Crippen molar-refractivity contribution >= 4 is 29.2 Å². The van der Waals surface area contributed by atoms with Gasteiger partial charge in [0.25, 0.3) is 5.91 Å². The minimum absolute atomic E-state index is 0.338. The molecule has 24 heavy (non-hydrogen) atoms. The number of nitrogens with zero attached hydrogens (tertiary/aromatic N) is 1. The summed E-state index contributed by atoms with van der Waals surface area (Å²) in [7, 11) is 0. The predicted molar refractivity (Wildman–Crippen MR) is 87.2 cm³/mol. The van der Waals surface area contributed by atoms with Crippen molar-refractivity contribution in [3.05, 3.63) is 46.5 Å². The SMILES string of the molecule is CC(NC(=O)CN1C(=O)NC(C)(c2ccsc2)C1=O)c1ccco1. The van der Waals surface area contributed by atoms with Crippen LogP contribution in [-0.2, 0) is 15.1 Å². The van der Waals surface area contributed by atoms with Gasteiger partial charge in [0.2, 0.25) is 5.91 Å². The van der Waals surface area contributed by atoms with Gasteiger partial charge in [0.15, 0.2) is 0 Å². The Labute approximate surface area is 142 Å². The standard InChI is InChI=1S/C16H17N3O4S/c1-10(12-4-3-6-23-12)17-13(20)8-19-14(21)16(2,18-15(19)22)11-5-7-24-9-11/h3-7,9-10H,8H2,1-2H3,(H,17,20)(H,18,22). The highest BCUT2D eigenvalue weighted by Gasteiger charge is 2.49. The molecule has 0 bridgehead atoms. The number of furan rings is 1. The van der Waals surface area contributed by atoms with E-state index in [1.54, 1.807) is 37.4 Å². The number of amides is 4. The Balaban J connectivity index is 1.68. The third kappa shape index (κ3) is 2.80. The molecule has 0 saturated carbocycles. The van der Waals surface area contributed by atoms with Gasteiger partial charge in [-0.2, -0.15) is 11.3 Å². The van der Waals surface area contributed by atoms with Gasteiger partial charge in [-0.1, -0.05) is 0 Å². The highest BCUT2D eigenvalue weighted by atomic mass is 32.1. The Morgan fingerprint density at radius 1 is 1.46 bits per heavy atom. The molecule has 3 heterocycles. The van der Waals surface area contributed by atoms with E-state index in [1.807, 2.05) is 5.38 Å². The zero-order valence-corrected chi connectivity index (χ0v) is 14.1. The van der Waals surface area contributed by atoms with Crippen molar-refractivity contribution < 1.29 is 18.8 Å². The van der Waals surface area contributed by atoms with Gasteiger partial charge in [0.05, 0.1) is 12.3 Å². The van der Waals surface area contributed by atoms with Crippen molar-refractivity contribution in [2.45, 2.75) is 25.4 Å². The summed E-state index contributed by atoms with van der Waals surface area (Å²) in [6, 6.07) is 4.32. The molecule has 1 aliphatic heterocycles. The molecule has 1 aliphatic rings. The molecular formula is C16H17N3O4S.